The highest BCUT2D eigenvalue weighted by atomic mass is 19.4. The number of halogens is 3. The quantitative estimate of drug-likeness (QED) is 0.774. The van der Waals surface area contributed by atoms with Gasteiger partial charge in [0.15, 0.2) is 0 Å². The van der Waals surface area contributed by atoms with Crippen molar-refractivity contribution in [3.8, 4) is 0 Å². The molecule has 0 radical (unpaired) electrons. The van der Waals surface area contributed by atoms with Crippen molar-refractivity contribution >= 4 is 11.9 Å². The summed E-state index contributed by atoms with van der Waals surface area (Å²) in [7, 11) is 0. The monoisotopic (exact) mass is 272 g/mol. The van der Waals surface area contributed by atoms with E-state index < -0.39 is 42.8 Å². The van der Waals surface area contributed by atoms with E-state index in [1.165, 1.54) is 0 Å². The van der Waals surface area contributed by atoms with Crippen molar-refractivity contribution < 1.29 is 37.3 Å². The number of hydrogen-bond donors (Lipinski definition) is 1. The summed E-state index contributed by atoms with van der Waals surface area (Å²) >= 11 is 0. The first-order chi connectivity index (χ1) is 7.91. The number of carboxylic acid groups (broad SMARTS) is 1. The maximum Gasteiger partial charge on any atom is 0.522 e. The first-order valence-electron chi connectivity index (χ1n) is 5.06. The number of carboxylic acids is 1. The first-order valence-corrected chi connectivity index (χ1v) is 5.06. The van der Waals surface area contributed by atoms with Gasteiger partial charge >= 0.3 is 18.3 Å². The van der Waals surface area contributed by atoms with Crippen molar-refractivity contribution in [3.63, 3.8) is 0 Å². The van der Waals surface area contributed by atoms with Crippen LogP contribution in [0.5, 0.6) is 0 Å². The Kier molecular flexibility index (Phi) is 5.59. The van der Waals surface area contributed by atoms with Crippen LogP contribution in [0.2, 0.25) is 0 Å². The van der Waals surface area contributed by atoms with E-state index in [9.17, 15) is 22.8 Å². The fourth-order valence-corrected chi connectivity index (χ4v) is 0.997. The molecule has 1 N–H and O–H groups in total. The number of rotatable bonds is 5. The van der Waals surface area contributed by atoms with Gasteiger partial charge in [-0.2, -0.15) is 0 Å². The molecule has 106 valence electrons. The average Bonchev–Trinajstić information content (AvgIpc) is 2.06. The van der Waals surface area contributed by atoms with Gasteiger partial charge in [0.1, 0.15) is 5.60 Å². The van der Waals surface area contributed by atoms with Gasteiger partial charge < -0.3 is 9.84 Å². The standard InChI is InChI=1S/C10H15F3O5/c1-9(2,3)18-7(14)4-6(8(15)16)5-17-10(11,12)13/h6H,4-5H2,1-3H3,(H,15,16)/t6-/m0/s1. The van der Waals surface area contributed by atoms with Crippen molar-refractivity contribution in [1.82, 2.24) is 0 Å². The van der Waals surface area contributed by atoms with E-state index in [0.717, 1.165) is 0 Å². The maximum absolute atomic E-state index is 11.8. The first kappa shape index (κ1) is 16.7. The molecule has 0 saturated heterocycles. The van der Waals surface area contributed by atoms with E-state index in [4.69, 9.17) is 9.84 Å². The molecule has 0 aliphatic carbocycles. The molecular formula is C10H15F3O5. The molecule has 0 amide bonds. The van der Waals surface area contributed by atoms with Crippen LogP contribution < -0.4 is 0 Å². The number of ether oxygens (including phenoxy) is 2. The number of alkyl halides is 3. The van der Waals surface area contributed by atoms with Crippen LogP contribution in [0.15, 0.2) is 0 Å². The van der Waals surface area contributed by atoms with E-state index in [0.29, 0.717) is 0 Å². The summed E-state index contributed by atoms with van der Waals surface area (Å²) in [6.45, 7) is 3.56. The van der Waals surface area contributed by atoms with Crippen LogP contribution in [0.25, 0.3) is 0 Å². The Hall–Kier alpha value is -1.31. The molecule has 0 aliphatic heterocycles. The molecule has 1 atom stereocenters. The molecule has 0 unspecified atom stereocenters. The third-order valence-corrected chi connectivity index (χ3v) is 1.63. The molecule has 0 aromatic carbocycles. The number of aliphatic carboxylic acids is 1. The van der Waals surface area contributed by atoms with Crippen LogP contribution in [-0.4, -0.2) is 35.6 Å². The van der Waals surface area contributed by atoms with Crippen LogP contribution in [0.4, 0.5) is 13.2 Å². The molecule has 0 aliphatic rings. The predicted molar refractivity (Wildman–Crippen MR) is 53.6 cm³/mol. The Morgan fingerprint density at radius 3 is 2.06 bits per heavy atom. The Labute approximate surface area is 102 Å². The molecule has 18 heavy (non-hydrogen) atoms. The number of carbonyl (C=O) groups is 2. The van der Waals surface area contributed by atoms with Gasteiger partial charge in [-0.25, -0.2) is 0 Å². The van der Waals surface area contributed by atoms with Gasteiger partial charge in [0, 0.05) is 0 Å². The van der Waals surface area contributed by atoms with E-state index in [-0.39, 0.29) is 0 Å². The van der Waals surface area contributed by atoms with E-state index in [1.807, 2.05) is 0 Å². The van der Waals surface area contributed by atoms with Crippen LogP contribution in [-0.2, 0) is 19.1 Å². The Balaban J connectivity index is 4.37. The largest absolute Gasteiger partial charge is 0.522 e. The molecule has 0 saturated carbocycles. The molecule has 8 heteroatoms. The highest BCUT2D eigenvalue weighted by Gasteiger charge is 2.33. The Morgan fingerprint density at radius 1 is 1.22 bits per heavy atom. The smallest absolute Gasteiger partial charge is 0.481 e. The molecule has 0 rings (SSSR count). The van der Waals surface area contributed by atoms with Gasteiger partial charge in [-0.1, -0.05) is 0 Å². The summed E-state index contributed by atoms with van der Waals surface area (Å²) in [5.41, 5.74) is -0.828. The predicted octanol–water partition coefficient (Wildman–Crippen LogP) is 1.96. The van der Waals surface area contributed by atoms with Gasteiger partial charge in [-0.15, -0.1) is 13.2 Å². The van der Waals surface area contributed by atoms with Crippen LogP contribution >= 0.6 is 0 Å². The van der Waals surface area contributed by atoms with Gasteiger partial charge in [0.2, 0.25) is 0 Å². The van der Waals surface area contributed by atoms with Crippen LogP contribution in [0, 0.1) is 5.92 Å². The number of hydrogen-bond acceptors (Lipinski definition) is 4. The second-order valence-corrected chi connectivity index (χ2v) is 4.58. The second-order valence-electron chi connectivity index (χ2n) is 4.58. The molecular weight excluding hydrogens is 257 g/mol. The summed E-state index contributed by atoms with van der Waals surface area (Å²) < 4.78 is 43.5. The van der Waals surface area contributed by atoms with Crippen molar-refractivity contribution in [2.45, 2.75) is 39.2 Å². The molecule has 0 fully saturated rings. The zero-order valence-electron chi connectivity index (χ0n) is 10.2. The zero-order chi connectivity index (χ0) is 14.6. The lowest BCUT2D eigenvalue weighted by atomic mass is 10.1. The SMILES string of the molecule is CC(C)(C)OC(=O)C[C@@H](COC(F)(F)F)C(=O)O. The molecule has 0 aromatic heterocycles. The average molecular weight is 272 g/mol. The highest BCUT2D eigenvalue weighted by molar-refractivity contribution is 5.79. The third-order valence-electron chi connectivity index (χ3n) is 1.63. The lowest BCUT2D eigenvalue weighted by molar-refractivity contribution is -0.327. The van der Waals surface area contributed by atoms with Crippen molar-refractivity contribution in [1.29, 1.82) is 0 Å². The van der Waals surface area contributed by atoms with Crippen molar-refractivity contribution in [2.24, 2.45) is 5.92 Å². The number of esters is 1. The topological polar surface area (TPSA) is 72.8 Å². The van der Waals surface area contributed by atoms with Crippen LogP contribution in [0.3, 0.4) is 0 Å². The van der Waals surface area contributed by atoms with Gasteiger partial charge in [0.25, 0.3) is 0 Å². The minimum absolute atomic E-state index is 0.678. The maximum atomic E-state index is 11.8. The van der Waals surface area contributed by atoms with Crippen molar-refractivity contribution in [3.05, 3.63) is 0 Å². The molecule has 0 bridgehead atoms. The Morgan fingerprint density at radius 2 is 1.72 bits per heavy atom. The van der Waals surface area contributed by atoms with Gasteiger partial charge in [0.05, 0.1) is 18.9 Å². The Bertz CT molecular complexity index is 306. The fourth-order valence-electron chi connectivity index (χ4n) is 0.997. The zero-order valence-corrected chi connectivity index (χ0v) is 10.2. The summed E-state index contributed by atoms with van der Waals surface area (Å²) in [6.07, 6.45) is -5.61. The molecule has 5 nitrogen and oxygen atoms in total. The fraction of sp³-hybridized carbons (Fsp3) is 0.800. The molecule has 0 heterocycles. The minimum Gasteiger partial charge on any atom is -0.481 e. The lowest BCUT2D eigenvalue weighted by Gasteiger charge is -2.21. The summed E-state index contributed by atoms with van der Waals surface area (Å²) in [5, 5.41) is 8.66. The highest BCUT2D eigenvalue weighted by Crippen LogP contribution is 2.19. The summed E-state index contributed by atoms with van der Waals surface area (Å²) in [5.74, 6) is -4.03. The molecule has 0 aromatic rings. The minimum atomic E-state index is -4.93. The lowest BCUT2D eigenvalue weighted by Crippen LogP contribution is -2.30. The van der Waals surface area contributed by atoms with Gasteiger partial charge in [-0.05, 0) is 20.8 Å². The van der Waals surface area contributed by atoms with E-state index >= 15 is 0 Å². The third kappa shape index (κ3) is 8.80. The molecule has 0 spiro atoms. The number of carbonyl (C=O) groups excluding carboxylic acids is 1. The second kappa shape index (κ2) is 6.03. The van der Waals surface area contributed by atoms with Crippen LogP contribution in [0.1, 0.15) is 27.2 Å². The normalized spacial score (nSPS) is 14.1. The summed E-state index contributed by atoms with van der Waals surface area (Å²) in [4.78, 5) is 21.9. The van der Waals surface area contributed by atoms with Crippen molar-refractivity contribution in [2.75, 3.05) is 6.61 Å². The van der Waals surface area contributed by atoms with E-state index in [1.54, 1.807) is 20.8 Å². The van der Waals surface area contributed by atoms with Gasteiger partial charge in [-0.3, -0.25) is 14.3 Å². The van der Waals surface area contributed by atoms with E-state index in [2.05, 4.69) is 4.74 Å². The summed E-state index contributed by atoms with van der Waals surface area (Å²) in [6, 6.07) is 0.